The molecule has 8 heteroatoms. The molecule has 2 rings (SSSR count). The van der Waals surface area contributed by atoms with Gasteiger partial charge in [-0.1, -0.05) is 29.3 Å². The van der Waals surface area contributed by atoms with Gasteiger partial charge in [0.05, 0.1) is 15.7 Å². The van der Waals surface area contributed by atoms with Gasteiger partial charge in [0, 0.05) is 26.3 Å². The molecule has 2 aromatic rings. The zero-order valence-electron chi connectivity index (χ0n) is 12.5. The summed E-state index contributed by atoms with van der Waals surface area (Å²) in [5.74, 6) is 0.176. The van der Waals surface area contributed by atoms with E-state index in [4.69, 9.17) is 27.9 Å². The number of ether oxygens (including phenoxy) is 1. The van der Waals surface area contributed by atoms with E-state index in [2.05, 4.69) is 20.6 Å². The van der Waals surface area contributed by atoms with Gasteiger partial charge >= 0.3 is 0 Å². The summed E-state index contributed by atoms with van der Waals surface area (Å²) in [6, 6.07) is 6.58. The van der Waals surface area contributed by atoms with E-state index in [0.29, 0.717) is 29.7 Å². The topological polar surface area (TPSA) is 76.1 Å². The lowest BCUT2D eigenvalue weighted by Gasteiger charge is -2.09. The second-order valence-corrected chi connectivity index (χ2v) is 5.40. The van der Waals surface area contributed by atoms with Crippen LogP contribution in [0.4, 0.5) is 11.5 Å². The summed E-state index contributed by atoms with van der Waals surface area (Å²) < 4.78 is 4.97. The van der Waals surface area contributed by atoms with E-state index in [1.165, 1.54) is 6.33 Å². The van der Waals surface area contributed by atoms with Crippen LogP contribution in [0.25, 0.3) is 0 Å². The van der Waals surface area contributed by atoms with Crippen LogP contribution in [0.2, 0.25) is 10.0 Å². The van der Waals surface area contributed by atoms with Gasteiger partial charge < -0.3 is 15.4 Å². The quantitative estimate of drug-likeness (QED) is 0.744. The average molecular weight is 355 g/mol. The largest absolute Gasteiger partial charge is 0.385 e. The maximum atomic E-state index is 12.3. The number of hydrogen-bond acceptors (Lipinski definition) is 5. The van der Waals surface area contributed by atoms with Crippen LogP contribution in [0.5, 0.6) is 0 Å². The Morgan fingerprint density at radius 3 is 2.91 bits per heavy atom. The Hall–Kier alpha value is -1.89. The van der Waals surface area contributed by atoms with Crippen molar-refractivity contribution in [2.24, 2.45) is 0 Å². The minimum Gasteiger partial charge on any atom is -0.385 e. The molecule has 1 aromatic carbocycles. The van der Waals surface area contributed by atoms with Gasteiger partial charge in [0.15, 0.2) is 0 Å². The summed E-state index contributed by atoms with van der Waals surface area (Å²) in [5, 5.41) is 6.43. The Bertz CT molecular complexity index is 682. The van der Waals surface area contributed by atoms with Gasteiger partial charge in [0.2, 0.25) is 0 Å². The van der Waals surface area contributed by atoms with E-state index in [9.17, 15) is 4.79 Å². The highest BCUT2D eigenvalue weighted by molar-refractivity contribution is 6.44. The maximum absolute atomic E-state index is 12.3. The minimum atomic E-state index is -0.392. The Kier molecular flexibility index (Phi) is 6.58. The molecule has 6 nitrogen and oxygen atoms in total. The molecule has 1 amide bonds. The van der Waals surface area contributed by atoms with Crippen LogP contribution < -0.4 is 10.6 Å². The van der Waals surface area contributed by atoms with Crippen molar-refractivity contribution in [1.82, 2.24) is 9.97 Å². The van der Waals surface area contributed by atoms with E-state index in [1.807, 2.05) is 0 Å². The molecule has 0 spiro atoms. The summed E-state index contributed by atoms with van der Waals surface area (Å²) in [7, 11) is 1.65. The SMILES string of the molecule is COCCCNc1cc(C(=O)Nc2cccc(Cl)c2Cl)ncn1. The molecular formula is C15H16Cl2N4O2. The van der Waals surface area contributed by atoms with E-state index < -0.39 is 5.91 Å². The number of aromatic nitrogens is 2. The molecule has 0 fully saturated rings. The van der Waals surface area contributed by atoms with Crippen LogP contribution in [0, 0.1) is 0 Å². The number of benzene rings is 1. The van der Waals surface area contributed by atoms with E-state index in [1.54, 1.807) is 31.4 Å². The molecule has 0 aliphatic heterocycles. The Morgan fingerprint density at radius 2 is 2.13 bits per heavy atom. The van der Waals surface area contributed by atoms with Gasteiger partial charge in [-0.05, 0) is 18.6 Å². The molecule has 0 saturated carbocycles. The monoisotopic (exact) mass is 354 g/mol. The van der Waals surface area contributed by atoms with Gasteiger partial charge in [-0.25, -0.2) is 9.97 Å². The molecule has 0 radical (unpaired) electrons. The van der Waals surface area contributed by atoms with Gasteiger partial charge in [-0.15, -0.1) is 0 Å². The van der Waals surface area contributed by atoms with Crippen molar-refractivity contribution in [3.63, 3.8) is 0 Å². The van der Waals surface area contributed by atoms with Gasteiger partial charge in [0.25, 0.3) is 5.91 Å². The molecule has 0 aliphatic rings. The molecule has 0 saturated heterocycles. The Morgan fingerprint density at radius 1 is 1.30 bits per heavy atom. The predicted molar refractivity (Wildman–Crippen MR) is 91.4 cm³/mol. The van der Waals surface area contributed by atoms with Crippen LogP contribution in [-0.4, -0.2) is 36.1 Å². The Balaban J connectivity index is 2.03. The van der Waals surface area contributed by atoms with Crippen LogP contribution >= 0.6 is 23.2 Å². The zero-order valence-corrected chi connectivity index (χ0v) is 14.0. The van der Waals surface area contributed by atoms with Gasteiger partial charge in [-0.2, -0.15) is 0 Å². The van der Waals surface area contributed by atoms with Crippen molar-refractivity contribution >= 4 is 40.6 Å². The van der Waals surface area contributed by atoms with Crippen molar-refractivity contribution in [3.8, 4) is 0 Å². The van der Waals surface area contributed by atoms with Gasteiger partial charge in [-0.3, -0.25) is 4.79 Å². The maximum Gasteiger partial charge on any atom is 0.274 e. The second-order valence-electron chi connectivity index (χ2n) is 4.62. The number of carbonyl (C=O) groups excluding carboxylic acids is 1. The first-order valence-corrected chi connectivity index (χ1v) is 7.67. The summed E-state index contributed by atoms with van der Waals surface area (Å²) in [6.45, 7) is 1.34. The highest BCUT2D eigenvalue weighted by Crippen LogP contribution is 2.29. The number of amides is 1. The van der Waals surface area contributed by atoms with E-state index in [0.717, 1.165) is 6.42 Å². The van der Waals surface area contributed by atoms with E-state index >= 15 is 0 Å². The average Bonchev–Trinajstić information content (AvgIpc) is 2.56. The number of nitrogens with one attached hydrogen (secondary N) is 2. The molecule has 0 unspecified atom stereocenters. The standard InChI is InChI=1S/C15H16Cl2N4O2/c1-23-7-3-6-18-13-8-12(19-9-20-13)15(22)21-11-5-2-4-10(16)14(11)17/h2,4-5,8-9H,3,6-7H2,1H3,(H,21,22)(H,18,19,20). The van der Waals surface area contributed by atoms with Crippen molar-refractivity contribution in [2.75, 3.05) is 30.9 Å². The normalized spacial score (nSPS) is 10.4. The van der Waals surface area contributed by atoms with Crippen LogP contribution in [0.1, 0.15) is 16.9 Å². The second kappa shape index (κ2) is 8.67. The summed E-state index contributed by atoms with van der Waals surface area (Å²) in [6.07, 6.45) is 2.16. The van der Waals surface area contributed by atoms with Crippen LogP contribution in [0.3, 0.4) is 0 Å². The van der Waals surface area contributed by atoms with Crippen molar-refractivity contribution in [3.05, 3.63) is 46.3 Å². The fourth-order valence-corrected chi connectivity index (χ4v) is 2.15. The van der Waals surface area contributed by atoms with Crippen LogP contribution in [-0.2, 0) is 4.74 Å². The highest BCUT2D eigenvalue weighted by atomic mass is 35.5. The van der Waals surface area contributed by atoms with Crippen LogP contribution in [0.15, 0.2) is 30.6 Å². The number of carbonyl (C=O) groups is 1. The first kappa shape index (κ1) is 17.5. The third kappa shape index (κ3) is 5.06. The highest BCUT2D eigenvalue weighted by Gasteiger charge is 2.12. The number of halogens is 2. The minimum absolute atomic E-state index is 0.227. The lowest BCUT2D eigenvalue weighted by molar-refractivity contribution is 0.102. The predicted octanol–water partition coefficient (Wildman–Crippen LogP) is 3.48. The summed E-state index contributed by atoms with van der Waals surface area (Å²) in [4.78, 5) is 20.3. The Labute approximate surface area is 144 Å². The molecule has 2 N–H and O–H groups in total. The number of rotatable bonds is 7. The fraction of sp³-hybridized carbons (Fsp3) is 0.267. The zero-order chi connectivity index (χ0) is 16.7. The van der Waals surface area contributed by atoms with Crippen molar-refractivity contribution in [1.29, 1.82) is 0 Å². The van der Waals surface area contributed by atoms with Gasteiger partial charge in [0.1, 0.15) is 17.8 Å². The molecule has 23 heavy (non-hydrogen) atoms. The molecule has 0 bridgehead atoms. The first-order valence-electron chi connectivity index (χ1n) is 6.92. The number of anilines is 2. The van der Waals surface area contributed by atoms with E-state index in [-0.39, 0.29) is 10.7 Å². The first-order chi connectivity index (χ1) is 11.1. The third-order valence-electron chi connectivity index (χ3n) is 2.93. The number of nitrogens with zero attached hydrogens (tertiary/aromatic N) is 2. The lowest BCUT2D eigenvalue weighted by Crippen LogP contribution is -2.15. The third-order valence-corrected chi connectivity index (χ3v) is 3.75. The molecule has 1 aromatic heterocycles. The van der Waals surface area contributed by atoms with Crippen molar-refractivity contribution < 1.29 is 9.53 Å². The molecule has 0 atom stereocenters. The molecule has 1 heterocycles. The lowest BCUT2D eigenvalue weighted by atomic mass is 10.3. The smallest absolute Gasteiger partial charge is 0.274 e. The number of methoxy groups -OCH3 is 1. The fourth-order valence-electron chi connectivity index (χ4n) is 1.80. The molecule has 0 aliphatic carbocycles. The summed E-state index contributed by atoms with van der Waals surface area (Å²) >= 11 is 12.0. The van der Waals surface area contributed by atoms with Crippen molar-refractivity contribution in [2.45, 2.75) is 6.42 Å². The molecule has 122 valence electrons. The number of hydrogen-bond donors (Lipinski definition) is 2. The summed E-state index contributed by atoms with van der Waals surface area (Å²) in [5.41, 5.74) is 0.655. The molecular weight excluding hydrogens is 339 g/mol.